The Morgan fingerprint density at radius 1 is 1.12 bits per heavy atom. The molecule has 0 spiro atoms. The van der Waals surface area contributed by atoms with Crippen LogP contribution in [0.5, 0.6) is 0 Å². The van der Waals surface area contributed by atoms with Crippen LogP contribution in [0.3, 0.4) is 0 Å². The number of unbranched alkanes of at least 4 members (excludes halogenated alkanes) is 8. The molecule has 2 unspecified atom stereocenters. The first-order valence-electron chi connectivity index (χ1n) is 12.1. The van der Waals surface area contributed by atoms with E-state index < -0.39 is 22.0 Å². The Morgan fingerprint density at radius 2 is 1.73 bits per heavy atom. The van der Waals surface area contributed by atoms with Crippen molar-refractivity contribution in [1.29, 1.82) is 0 Å². The predicted octanol–water partition coefficient (Wildman–Crippen LogP) is -0.446. The fourth-order valence-corrected chi connectivity index (χ4v) is 4.91. The summed E-state index contributed by atoms with van der Waals surface area (Å²) in [5, 5.41) is 19.6. The van der Waals surface area contributed by atoms with Crippen molar-refractivity contribution < 1.29 is 62.0 Å². The van der Waals surface area contributed by atoms with Crippen molar-refractivity contribution in [2.45, 2.75) is 83.7 Å². The molecule has 1 rings (SSSR count). The first-order chi connectivity index (χ1) is 15.2. The largest absolute Gasteiger partial charge is 1.00 e. The van der Waals surface area contributed by atoms with Gasteiger partial charge in [-0.15, -0.1) is 0 Å². The fraction of sp³-hybridized carbons (Fsp3) is 0.826. The normalized spacial score (nSPS) is 19.5. The molecule has 10 heteroatoms. The summed E-state index contributed by atoms with van der Waals surface area (Å²) in [7, 11) is -4.58. The third kappa shape index (κ3) is 14.1. The van der Waals surface area contributed by atoms with Crippen LogP contribution < -0.4 is 29.6 Å². The number of allylic oxidation sites excluding steroid dienone is 2. The number of nitrogens with zero attached hydrogens (tertiary/aromatic N) is 2. The number of Topliss-reactive ketones (excluding diaryl/α,β-unsaturated/α-hetero) is 1. The zero-order valence-electron chi connectivity index (χ0n) is 20.6. The van der Waals surface area contributed by atoms with E-state index in [1.807, 2.05) is 0 Å². The van der Waals surface area contributed by atoms with Crippen molar-refractivity contribution in [2.75, 3.05) is 38.5 Å². The van der Waals surface area contributed by atoms with Crippen LogP contribution in [0.2, 0.25) is 0 Å². The van der Waals surface area contributed by atoms with Crippen molar-refractivity contribution in [1.82, 2.24) is 0 Å². The van der Waals surface area contributed by atoms with Gasteiger partial charge < -0.3 is 14.8 Å². The summed E-state index contributed by atoms with van der Waals surface area (Å²) in [6.07, 6.45) is 14.6. The Morgan fingerprint density at radius 3 is 2.30 bits per heavy atom. The Bertz CT molecular complexity index is 714. The van der Waals surface area contributed by atoms with Gasteiger partial charge in [-0.25, -0.2) is 13.4 Å². The maximum atomic E-state index is 12.8. The van der Waals surface area contributed by atoms with Crippen LogP contribution in [0.1, 0.15) is 77.6 Å². The van der Waals surface area contributed by atoms with Gasteiger partial charge in [0.05, 0.1) is 29.0 Å². The molecule has 1 aliphatic heterocycles. The molecule has 8 nitrogen and oxygen atoms in total. The van der Waals surface area contributed by atoms with Crippen LogP contribution in [0.25, 0.3) is 0 Å². The average Bonchev–Trinajstić information content (AvgIpc) is 3.10. The second kappa shape index (κ2) is 18.2. The number of rotatable bonds is 19. The van der Waals surface area contributed by atoms with Crippen LogP contribution in [-0.2, 0) is 14.9 Å². The number of quaternary nitrogens is 1. The number of hydrogen-bond acceptors (Lipinski definition) is 7. The molecule has 0 bridgehead atoms. The predicted molar refractivity (Wildman–Crippen MR) is 125 cm³/mol. The van der Waals surface area contributed by atoms with Crippen molar-refractivity contribution in [2.24, 2.45) is 4.99 Å². The number of aliphatic imine (C=N–C) groups is 1. The Labute approximate surface area is 222 Å². The molecule has 2 atom stereocenters. The maximum Gasteiger partial charge on any atom is 1.00 e. The molecule has 0 aromatic heterocycles. The fourth-order valence-electron chi connectivity index (χ4n) is 4.33. The standard InChI is InChI=1S/C23H42N2O6S.Na/c1-2-3-4-5-6-7-8-9-10-11-12-13-14-22(28)23-24-15-16-25(23,17-18-26)19-21(27)20-32(29,30)31;/h3-4,21,26-27H,2,5-20H2,1H3;/q;+1/b4-3+;. The van der Waals surface area contributed by atoms with Crippen molar-refractivity contribution >= 4 is 21.7 Å². The van der Waals surface area contributed by atoms with E-state index in [1.54, 1.807) is 0 Å². The van der Waals surface area contributed by atoms with Crippen LogP contribution in [-0.4, -0.2) is 83.9 Å². The topological polar surface area (TPSA) is 127 Å². The van der Waals surface area contributed by atoms with Gasteiger partial charge in [-0.05, 0) is 25.7 Å². The molecule has 2 N–H and O–H groups in total. The van der Waals surface area contributed by atoms with Gasteiger partial charge in [-0.1, -0.05) is 57.6 Å². The van der Waals surface area contributed by atoms with Crippen LogP contribution in [0.15, 0.2) is 17.1 Å². The summed E-state index contributed by atoms with van der Waals surface area (Å²) in [5.41, 5.74) is 0. The van der Waals surface area contributed by atoms with E-state index in [0.717, 1.165) is 25.7 Å². The first kappa shape index (κ1) is 32.9. The molecular weight excluding hydrogens is 455 g/mol. The third-order valence-electron chi connectivity index (χ3n) is 5.90. The van der Waals surface area contributed by atoms with Crippen molar-refractivity contribution in [3.8, 4) is 0 Å². The van der Waals surface area contributed by atoms with Gasteiger partial charge in [0.1, 0.15) is 25.7 Å². The Kier molecular flexibility index (Phi) is 18.1. The number of hydrogen-bond donors (Lipinski definition) is 2. The number of carbonyl (C=O) groups excluding carboxylic acids is 1. The summed E-state index contributed by atoms with van der Waals surface area (Å²) in [5.74, 6) is -0.734. The molecule has 1 aliphatic rings. The molecule has 0 amide bonds. The second-order valence-corrected chi connectivity index (χ2v) is 10.2. The van der Waals surface area contributed by atoms with Crippen LogP contribution in [0, 0.1) is 0 Å². The van der Waals surface area contributed by atoms with E-state index in [1.165, 1.54) is 38.5 Å². The summed E-state index contributed by atoms with van der Waals surface area (Å²) in [4.78, 5) is 17.1. The van der Waals surface area contributed by atoms with Gasteiger partial charge in [-0.3, -0.25) is 9.28 Å². The van der Waals surface area contributed by atoms with E-state index in [4.69, 9.17) is 0 Å². The molecule has 0 fully saturated rings. The van der Waals surface area contributed by atoms with Crippen molar-refractivity contribution in [3.63, 3.8) is 0 Å². The average molecular weight is 498 g/mol. The molecular formula is C23H42N2NaO6S+. The summed E-state index contributed by atoms with van der Waals surface area (Å²) >= 11 is 0. The SMILES string of the molecule is CC/C=C/CCCCCCCCCCC(=O)C1=NCC[N+]1(CCO)CC(O)CS(=O)(=O)[O-].[Na+]. The molecule has 0 aromatic rings. The van der Waals surface area contributed by atoms with Gasteiger partial charge >= 0.3 is 29.6 Å². The zero-order chi connectivity index (χ0) is 23.9. The molecule has 0 aliphatic carbocycles. The van der Waals surface area contributed by atoms with Crippen LogP contribution in [0.4, 0.5) is 0 Å². The van der Waals surface area contributed by atoms with E-state index in [0.29, 0.717) is 25.3 Å². The van der Waals surface area contributed by atoms with Gasteiger partial charge in [0.15, 0.2) is 0 Å². The first-order valence-corrected chi connectivity index (χ1v) is 13.6. The molecule has 0 saturated heterocycles. The molecule has 0 radical (unpaired) electrons. The van der Waals surface area contributed by atoms with Crippen molar-refractivity contribution in [3.05, 3.63) is 12.2 Å². The summed E-state index contributed by atoms with van der Waals surface area (Å²) < 4.78 is 32.8. The quantitative estimate of drug-likeness (QED) is 0.0819. The molecule has 33 heavy (non-hydrogen) atoms. The van der Waals surface area contributed by atoms with Gasteiger partial charge in [0.2, 0.25) is 5.78 Å². The molecule has 0 aromatic carbocycles. The number of amidine groups is 1. The van der Waals surface area contributed by atoms with Crippen LogP contribution >= 0.6 is 0 Å². The summed E-state index contributed by atoms with van der Waals surface area (Å²) in [6, 6.07) is 0. The number of aliphatic hydroxyl groups excluding tert-OH is 2. The number of aliphatic hydroxyl groups is 2. The molecule has 186 valence electrons. The second-order valence-electron chi connectivity index (χ2n) is 8.75. The minimum absolute atomic E-state index is 0. The third-order valence-corrected chi connectivity index (χ3v) is 6.69. The van der Waals surface area contributed by atoms with Gasteiger partial charge in [-0.2, -0.15) is 0 Å². The monoisotopic (exact) mass is 497 g/mol. The van der Waals surface area contributed by atoms with Gasteiger partial charge in [0, 0.05) is 6.42 Å². The van der Waals surface area contributed by atoms with E-state index in [-0.39, 0.29) is 59.5 Å². The minimum atomic E-state index is -4.58. The Balaban J connectivity index is 0.0000102. The summed E-state index contributed by atoms with van der Waals surface area (Å²) in [6.45, 7) is 2.76. The maximum absolute atomic E-state index is 12.8. The number of ketones is 1. The van der Waals surface area contributed by atoms with E-state index in [9.17, 15) is 28.0 Å². The van der Waals surface area contributed by atoms with E-state index in [2.05, 4.69) is 24.1 Å². The number of carbonyl (C=O) groups is 1. The minimum Gasteiger partial charge on any atom is -0.748 e. The zero-order valence-corrected chi connectivity index (χ0v) is 23.4. The molecule has 0 saturated carbocycles. The molecule has 1 heterocycles. The van der Waals surface area contributed by atoms with Gasteiger partial charge in [0.25, 0.3) is 5.84 Å². The van der Waals surface area contributed by atoms with E-state index >= 15 is 0 Å². The Hall–Kier alpha value is -0.130. The smallest absolute Gasteiger partial charge is 0.748 e.